The molecule has 8 nitrogen and oxygen atoms in total. The smallest absolute Gasteiger partial charge is 0.265 e. The van der Waals surface area contributed by atoms with Crippen LogP contribution in [0.1, 0.15) is 0 Å². The summed E-state index contributed by atoms with van der Waals surface area (Å²) in [6.07, 6.45) is -0.576. The van der Waals surface area contributed by atoms with Gasteiger partial charge in [-0.2, -0.15) is 0 Å². The number of hydrogen-bond donors (Lipinski definition) is 2. The van der Waals surface area contributed by atoms with E-state index in [0.29, 0.717) is 43.7 Å². The van der Waals surface area contributed by atoms with Crippen LogP contribution in [0.2, 0.25) is 0 Å². The van der Waals surface area contributed by atoms with Crippen molar-refractivity contribution in [1.82, 2.24) is 10.2 Å². The molecule has 9 heteroatoms. The molecule has 0 unspecified atom stereocenters. The molecule has 1 aromatic rings. The highest BCUT2D eigenvalue weighted by Gasteiger charge is 2.35. The van der Waals surface area contributed by atoms with Crippen LogP contribution in [0.4, 0.5) is 5.69 Å². The first-order valence-electron chi connectivity index (χ1n) is 10.3. The number of benzene rings is 1. The van der Waals surface area contributed by atoms with Crippen molar-refractivity contribution in [2.24, 2.45) is 0 Å². The molecule has 0 aromatic heterocycles. The summed E-state index contributed by atoms with van der Waals surface area (Å²) >= 11 is 5.69. The number of nitrogens with one attached hydrogen (secondary N) is 2. The van der Waals surface area contributed by atoms with Crippen LogP contribution in [-0.2, 0) is 14.3 Å². The number of carbonyl (C=O) groups excluding carboxylic acids is 1. The van der Waals surface area contributed by atoms with E-state index in [9.17, 15) is 4.79 Å². The van der Waals surface area contributed by atoms with Gasteiger partial charge in [0.15, 0.2) is 11.2 Å². The normalized spacial score (nSPS) is 22.6. The molecule has 2 N–H and O–H groups in total. The van der Waals surface area contributed by atoms with Crippen molar-refractivity contribution in [2.45, 2.75) is 6.10 Å². The van der Waals surface area contributed by atoms with Crippen molar-refractivity contribution >= 4 is 28.9 Å². The van der Waals surface area contributed by atoms with Gasteiger partial charge in [0, 0.05) is 13.1 Å². The highest BCUT2D eigenvalue weighted by Crippen LogP contribution is 2.33. The molecule has 0 bridgehead atoms. The molecule has 1 amide bonds. The summed E-state index contributed by atoms with van der Waals surface area (Å²) in [5, 5.41) is 4.01. The van der Waals surface area contributed by atoms with Gasteiger partial charge in [0.05, 0.1) is 51.7 Å². The van der Waals surface area contributed by atoms with Gasteiger partial charge in [-0.1, -0.05) is 12.1 Å². The predicted molar refractivity (Wildman–Crippen MR) is 113 cm³/mol. The predicted octanol–water partition coefficient (Wildman–Crippen LogP) is -1.10. The van der Waals surface area contributed by atoms with Crippen molar-refractivity contribution < 1.29 is 23.9 Å². The molecule has 3 aliphatic heterocycles. The Labute approximate surface area is 176 Å². The lowest BCUT2D eigenvalue weighted by Gasteiger charge is -2.38. The van der Waals surface area contributed by atoms with E-state index in [1.165, 1.54) is 4.90 Å². The minimum absolute atomic E-state index is 0.00614. The Morgan fingerprint density at radius 2 is 1.86 bits per heavy atom. The average molecular weight is 422 g/mol. The van der Waals surface area contributed by atoms with Gasteiger partial charge in [0.25, 0.3) is 5.91 Å². The molecule has 3 heterocycles. The van der Waals surface area contributed by atoms with Crippen molar-refractivity contribution in [3.05, 3.63) is 24.3 Å². The first-order valence-corrected chi connectivity index (χ1v) is 10.7. The Morgan fingerprint density at radius 1 is 1.14 bits per heavy atom. The summed E-state index contributed by atoms with van der Waals surface area (Å²) in [5.41, 5.74) is 0.898. The van der Waals surface area contributed by atoms with Gasteiger partial charge in [0.2, 0.25) is 0 Å². The molecule has 0 spiro atoms. The van der Waals surface area contributed by atoms with Gasteiger partial charge in [-0.05, 0) is 24.4 Å². The van der Waals surface area contributed by atoms with Gasteiger partial charge in [0.1, 0.15) is 18.8 Å². The third-order valence-electron chi connectivity index (χ3n) is 5.57. The Morgan fingerprint density at radius 3 is 2.66 bits per heavy atom. The van der Waals surface area contributed by atoms with Crippen LogP contribution in [0.5, 0.6) is 5.75 Å². The minimum Gasteiger partial charge on any atom is -0.476 e. The molecule has 2 saturated heterocycles. The summed E-state index contributed by atoms with van der Waals surface area (Å²) < 4.78 is 16.8. The molecule has 4 rings (SSSR count). The van der Waals surface area contributed by atoms with Crippen molar-refractivity contribution in [2.75, 3.05) is 77.1 Å². The van der Waals surface area contributed by atoms with Gasteiger partial charge in [-0.25, -0.2) is 0 Å². The summed E-state index contributed by atoms with van der Waals surface area (Å²) in [6, 6.07) is 7.74. The van der Waals surface area contributed by atoms with Crippen LogP contribution in [0, 0.1) is 0 Å². The van der Waals surface area contributed by atoms with Gasteiger partial charge in [-0.15, -0.1) is 0 Å². The third kappa shape index (κ3) is 4.98. The molecule has 0 radical (unpaired) electrons. The van der Waals surface area contributed by atoms with Gasteiger partial charge < -0.3 is 34.2 Å². The van der Waals surface area contributed by atoms with Crippen molar-refractivity contribution in [3.8, 4) is 5.75 Å². The molecule has 2 fully saturated rings. The van der Waals surface area contributed by atoms with Gasteiger partial charge in [-0.3, -0.25) is 4.79 Å². The van der Waals surface area contributed by atoms with Crippen LogP contribution in [0.3, 0.4) is 0 Å². The number of amides is 1. The Balaban J connectivity index is 1.40. The van der Waals surface area contributed by atoms with E-state index < -0.39 is 6.10 Å². The maximum absolute atomic E-state index is 13.0. The monoisotopic (exact) mass is 421 g/mol. The summed E-state index contributed by atoms with van der Waals surface area (Å²) in [6.45, 7) is 8.24. The topological polar surface area (TPSA) is 67.7 Å². The second-order valence-electron chi connectivity index (χ2n) is 7.47. The van der Waals surface area contributed by atoms with E-state index in [-0.39, 0.29) is 5.91 Å². The quantitative estimate of drug-likeness (QED) is 0.599. The molecular weight excluding hydrogens is 392 g/mol. The molecular formula is C20H29N4O4S+. The Kier molecular flexibility index (Phi) is 6.81. The highest BCUT2D eigenvalue weighted by atomic mass is 32.1. The standard InChI is InChI=1S/C20H28N4O4S/c25-19(23-9-13-27-14-10-23)18-15-24(16-3-1-2-4-17(16)28-18)20(29)21-5-6-22-7-11-26-12-8-22/h1-4,18H,5-15H2,(H,21,29)/p+1/t18-/m0/s1. The lowest BCUT2D eigenvalue weighted by molar-refractivity contribution is -0.906. The number of ether oxygens (including phenoxy) is 3. The van der Waals surface area contributed by atoms with Crippen molar-refractivity contribution in [1.29, 1.82) is 0 Å². The molecule has 158 valence electrons. The molecule has 29 heavy (non-hydrogen) atoms. The third-order valence-corrected chi connectivity index (χ3v) is 5.94. The number of anilines is 1. The second-order valence-corrected chi connectivity index (χ2v) is 7.85. The first kappa shape index (κ1) is 20.3. The maximum Gasteiger partial charge on any atom is 0.265 e. The minimum atomic E-state index is -0.576. The van der Waals surface area contributed by atoms with E-state index >= 15 is 0 Å². The lowest BCUT2D eigenvalue weighted by Crippen LogP contribution is -3.14. The maximum atomic E-state index is 13.0. The molecule has 1 aromatic carbocycles. The fourth-order valence-corrected chi connectivity index (χ4v) is 4.17. The van der Waals surface area contributed by atoms with Gasteiger partial charge >= 0.3 is 0 Å². The average Bonchev–Trinajstić information content (AvgIpc) is 2.79. The zero-order chi connectivity index (χ0) is 20.1. The van der Waals surface area contributed by atoms with Crippen LogP contribution in [-0.4, -0.2) is 94.3 Å². The fourth-order valence-electron chi connectivity index (χ4n) is 3.89. The molecule has 1 atom stereocenters. The lowest BCUT2D eigenvalue weighted by atomic mass is 10.1. The first-order chi connectivity index (χ1) is 14.2. The summed E-state index contributed by atoms with van der Waals surface area (Å²) in [7, 11) is 0. The van der Waals surface area contributed by atoms with E-state index in [0.717, 1.165) is 45.1 Å². The zero-order valence-corrected chi connectivity index (χ0v) is 17.4. The van der Waals surface area contributed by atoms with Crippen LogP contribution < -0.4 is 19.9 Å². The second kappa shape index (κ2) is 9.71. The Hall–Kier alpha value is -1.94. The molecule has 3 aliphatic rings. The van der Waals surface area contributed by atoms with E-state index in [1.54, 1.807) is 0 Å². The Bertz CT molecular complexity index is 722. The number of carbonyl (C=O) groups is 1. The number of hydrogen-bond acceptors (Lipinski definition) is 5. The van der Waals surface area contributed by atoms with Crippen LogP contribution >= 0.6 is 12.2 Å². The fraction of sp³-hybridized carbons (Fsp3) is 0.600. The number of nitrogens with zero attached hydrogens (tertiary/aromatic N) is 2. The highest BCUT2D eigenvalue weighted by molar-refractivity contribution is 7.80. The number of para-hydroxylation sites is 2. The largest absolute Gasteiger partial charge is 0.476 e. The number of fused-ring (bicyclic) bond motifs is 1. The zero-order valence-electron chi connectivity index (χ0n) is 16.6. The van der Waals surface area contributed by atoms with E-state index in [4.69, 9.17) is 26.4 Å². The molecule has 0 saturated carbocycles. The number of morpholine rings is 2. The van der Waals surface area contributed by atoms with Crippen LogP contribution in [0.25, 0.3) is 0 Å². The summed E-state index contributed by atoms with van der Waals surface area (Å²) in [5.74, 6) is 0.682. The number of quaternary nitrogens is 1. The summed E-state index contributed by atoms with van der Waals surface area (Å²) in [4.78, 5) is 18.3. The van der Waals surface area contributed by atoms with E-state index in [1.807, 2.05) is 34.1 Å². The van der Waals surface area contributed by atoms with Crippen LogP contribution in [0.15, 0.2) is 24.3 Å². The number of thiocarbonyl (C=S) groups is 1. The molecule has 0 aliphatic carbocycles. The SMILES string of the molecule is O=C([C@@H]1CN(C(=S)NCC[NH+]2CCOCC2)c2ccccc2O1)N1CCOCC1. The van der Waals surface area contributed by atoms with Crippen molar-refractivity contribution in [3.63, 3.8) is 0 Å². The van der Waals surface area contributed by atoms with E-state index in [2.05, 4.69) is 5.32 Å². The number of rotatable bonds is 4.